The molecule has 8 heteroatoms. The second kappa shape index (κ2) is 12.0. The highest BCUT2D eigenvalue weighted by Crippen LogP contribution is 2.25. The molecule has 0 aromatic heterocycles. The van der Waals surface area contributed by atoms with Crippen molar-refractivity contribution in [3.8, 4) is 0 Å². The number of rotatable bonds is 8. The molecule has 2 aromatic carbocycles. The molecular formula is C24H30N2O6. The molecule has 2 unspecified atom stereocenters. The first-order chi connectivity index (χ1) is 15.2. The third kappa shape index (κ3) is 7.47. The van der Waals surface area contributed by atoms with Crippen molar-refractivity contribution in [2.24, 2.45) is 11.7 Å². The first kappa shape index (κ1) is 25.0. The van der Waals surface area contributed by atoms with Gasteiger partial charge in [-0.2, -0.15) is 0 Å². The van der Waals surface area contributed by atoms with Crippen LogP contribution >= 0.6 is 0 Å². The maximum Gasteiger partial charge on any atom is 0.417 e. The van der Waals surface area contributed by atoms with E-state index in [-0.39, 0.29) is 18.9 Å². The minimum absolute atomic E-state index is 0.0413. The highest BCUT2D eigenvalue weighted by Gasteiger charge is 2.38. The number of imide groups is 1. The third-order valence-electron chi connectivity index (χ3n) is 4.82. The molecule has 0 saturated carbocycles. The summed E-state index contributed by atoms with van der Waals surface area (Å²) in [5.41, 5.74) is 9.24. The smallest absolute Gasteiger partial charge is 0.417 e. The van der Waals surface area contributed by atoms with E-state index in [9.17, 15) is 19.5 Å². The molecule has 2 atom stereocenters. The Hall–Kier alpha value is -3.23. The number of carbonyl (C=O) groups excluding carboxylic acids is 2. The molecule has 4 N–H and O–H groups in total. The third-order valence-corrected chi connectivity index (χ3v) is 4.82. The van der Waals surface area contributed by atoms with Gasteiger partial charge in [-0.1, -0.05) is 68.4 Å². The number of aliphatic carboxylic acids is 1. The van der Waals surface area contributed by atoms with Gasteiger partial charge in [0.2, 0.25) is 0 Å². The number of carboxylic acids is 1. The van der Waals surface area contributed by atoms with Crippen LogP contribution in [0.15, 0.2) is 54.6 Å². The van der Waals surface area contributed by atoms with Crippen LogP contribution in [0.1, 0.15) is 37.0 Å². The molecule has 0 heterocycles. The van der Waals surface area contributed by atoms with Crippen molar-refractivity contribution < 1.29 is 29.3 Å². The number of nitrogens with zero attached hydrogens (tertiary/aromatic N) is 1. The lowest BCUT2D eigenvalue weighted by molar-refractivity contribution is -0.150. The second-order valence-electron chi connectivity index (χ2n) is 7.97. The van der Waals surface area contributed by atoms with Crippen molar-refractivity contribution in [2.45, 2.75) is 45.4 Å². The molecule has 1 aliphatic carbocycles. The molecule has 0 saturated heterocycles. The average molecular weight is 443 g/mol. The van der Waals surface area contributed by atoms with Gasteiger partial charge in [0.05, 0.1) is 6.61 Å². The number of benzene rings is 2. The highest BCUT2D eigenvalue weighted by atomic mass is 16.6. The largest absolute Gasteiger partial charge is 0.480 e. The fourth-order valence-corrected chi connectivity index (χ4v) is 3.02. The number of carbonyl (C=O) groups is 3. The molecule has 0 radical (unpaired) electrons. The van der Waals surface area contributed by atoms with Crippen molar-refractivity contribution in [3.63, 3.8) is 0 Å². The molecule has 1 aliphatic rings. The minimum atomic E-state index is -1.42. The first-order valence-corrected chi connectivity index (χ1v) is 10.4. The van der Waals surface area contributed by atoms with Crippen LogP contribution in [0.5, 0.6) is 0 Å². The van der Waals surface area contributed by atoms with Crippen molar-refractivity contribution in [3.05, 3.63) is 71.3 Å². The standard InChI is InChI=1S/C17H24N2O6.C7H6/c1-11(2)8-14(16(22)23)19(15(21)13(18)9-20)17(24)25-10-12-6-4-3-5-7-12;1-2-4-7-5-6(7)3-1/h3-7,11,13-14,20H,8-10,18H2,1-2H3,(H,22,23);1-4H,5H2. The molecule has 2 amide bonds. The van der Waals surface area contributed by atoms with E-state index in [1.165, 1.54) is 17.5 Å². The number of carboxylic acid groups (broad SMARTS) is 1. The summed E-state index contributed by atoms with van der Waals surface area (Å²) < 4.78 is 5.08. The number of amides is 2. The summed E-state index contributed by atoms with van der Waals surface area (Å²) in [6.07, 6.45) is 0.179. The molecular weight excluding hydrogens is 412 g/mol. The van der Waals surface area contributed by atoms with Crippen LogP contribution in [-0.2, 0) is 27.4 Å². The van der Waals surface area contributed by atoms with Crippen LogP contribution in [0.2, 0.25) is 0 Å². The molecule has 172 valence electrons. The topological polar surface area (TPSA) is 130 Å². The van der Waals surface area contributed by atoms with Crippen LogP contribution < -0.4 is 5.73 Å². The molecule has 0 aliphatic heterocycles. The normalized spacial score (nSPS) is 13.2. The van der Waals surface area contributed by atoms with Gasteiger partial charge in [-0.05, 0) is 35.4 Å². The van der Waals surface area contributed by atoms with E-state index in [1.807, 2.05) is 0 Å². The van der Waals surface area contributed by atoms with E-state index in [2.05, 4.69) is 24.3 Å². The van der Waals surface area contributed by atoms with Gasteiger partial charge in [-0.25, -0.2) is 14.5 Å². The SMILES string of the molecule is CC(C)CC(C(=O)O)N(C(=O)OCc1ccccc1)C(=O)C(N)CO.c1ccc2c(c1)C2. The number of fused-ring (bicyclic) bond motifs is 1. The Morgan fingerprint density at radius 1 is 1.03 bits per heavy atom. The Morgan fingerprint density at radius 2 is 1.59 bits per heavy atom. The van der Waals surface area contributed by atoms with Crippen LogP contribution in [0.25, 0.3) is 0 Å². The van der Waals surface area contributed by atoms with Crippen molar-refractivity contribution in [2.75, 3.05) is 6.61 Å². The Balaban J connectivity index is 0.000000428. The number of nitrogens with two attached hydrogens (primary N) is 1. The van der Waals surface area contributed by atoms with Crippen molar-refractivity contribution in [1.82, 2.24) is 4.90 Å². The van der Waals surface area contributed by atoms with Gasteiger partial charge >= 0.3 is 12.1 Å². The summed E-state index contributed by atoms with van der Waals surface area (Å²) in [7, 11) is 0. The lowest BCUT2D eigenvalue weighted by Crippen LogP contribution is -2.55. The zero-order valence-corrected chi connectivity index (χ0v) is 18.3. The molecule has 3 rings (SSSR count). The number of aliphatic hydroxyl groups excluding tert-OH is 1. The molecule has 8 nitrogen and oxygen atoms in total. The predicted octanol–water partition coefficient (Wildman–Crippen LogP) is 2.56. The fourth-order valence-electron chi connectivity index (χ4n) is 3.02. The number of aliphatic hydroxyl groups is 1. The average Bonchev–Trinajstić information content (AvgIpc) is 3.57. The minimum Gasteiger partial charge on any atom is -0.480 e. The number of hydrogen-bond acceptors (Lipinski definition) is 6. The second-order valence-corrected chi connectivity index (χ2v) is 7.97. The van der Waals surface area contributed by atoms with Crippen LogP contribution in [0.4, 0.5) is 4.79 Å². The first-order valence-electron chi connectivity index (χ1n) is 10.4. The summed E-state index contributed by atoms with van der Waals surface area (Å²) in [6, 6.07) is 14.5. The molecule has 32 heavy (non-hydrogen) atoms. The van der Waals surface area contributed by atoms with E-state index in [0.29, 0.717) is 10.5 Å². The quantitative estimate of drug-likeness (QED) is 0.489. The highest BCUT2D eigenvalue weighted by molar-refractivity contribution is 5.98. The molecule has 0 spiro atoms. The molecule has 0 fully saturated rings. The monoisotopic (exact) mass is 442 g/mol. The predicted molar refractivity (Wildman–Crippen MR) is 119 cm³/mol. The van der Waals surface area contributed by atoms with Crippen molar-refractivity contribution >= 4 is 18.0 Å². The van der Waals surface area contributed by atoms with E-state index < -0.39 is 36.7 Å². The molecule has 0 bridgehead atoms. The van der Waals surface area contributed by atoms with E-state index in [4.69, 9.17) is 15.6 Å². The zero-order valence-electron chi connectivity index (χ0n) is 18.3. The van der Waals surface area contributed by atoms with E-state index >= 15 is 0 Å². The maximum absolute atomic E-state index is 12.4. The van der Waals surface area contributed by atoms with Crippen LogP contribution in [-0.4, -0.2) is 51.8 Å². The van der Waals surface area contributed by atoms with Gasteiger partial charge in [-0.15, -0.1) is 0 Å². The lowest BCUT2D eigenvalue weighted by Gasteiger charge is -2.29. The van der Waals surface area contributed by atoms with Gasteiger partial charge in [0, 0.05) is 0 Å². The van der Waals surface area contributed by atoms with E-state index in [0.717, 1.165) is 0 Å². The molecule has 2 aromatic rings. The van der Waals surface area contributed by atoms with Crippen molar-refractivity contribution in [1.29, 1.82) is 0 Å². The van der Waals surface area contributed by atoms with Gasteiger partial charge in [-0.3, -0.25) is 4.79 Å². The zero-order chi connectivity index (χ0) is 23.7. The van der Waals surface area contributed by atoms with Crippen LogP contribution in [0, 0.1) is 5.92 Å². The summed E-state index contributed by atoms with van der Waals surface area (Å²) in [4.78, 5) is 36.8. The Kier molecular flexibility index (Phi) is 9.37. The summed E-state index contributed by atoms with van der Waals surface area (Å²) in [5, 5.41) is 18.5. The number of ether oxygens (including phenoxy) is 1. The maximum atomic E-state index is 12.4. The summed E-state index contributed by atoms with van der Waals surface area (Å²) >= 11 is 0. The number of hydrogen-bond donors (Lipinski definition) is 3. The van der Waals surface area contributed by atoms with Gasteiger partial charge < -0.3 is 20.7 Å². The van der Waals surface area contributed by atoms with Gasteiger partial charge in [0.25, 0.3) is 5.91 Å². The summed E-state index contributed by atoms with van der Waals surface area (Å²) in [5.74, 6) is -2.43. The Bertz CT molecular complexity index is 895. The van der Waals surface area contributed by atoms with Gasteiger partial charge in [0.1, 0.15) is 18.7 Å². The van der Waals surface area contributed by atoms with E-state index in [1.54, 1.807) is 44.2 Å². The fraction of sp³-hybridized carbons (Fsp3) is 0.375. The van der Waals surface area contributed by atoms with Crippen LogP contribution in [0.3, 0.4) is 0 Å². The lowest BCUT2D eigenvalue weighted by atomic mass is 10.0. The van der Waals surface area contributed by atoms with Gasteiger partial charge in [0.15, 0.2) is 0 Å². The summed E-state index contributed by atoms with van der Waals surface area (Å²) in [6.45, 7) is 2.70. The Labute approximate surface area is 187 Å². The Morgan fingerprint density at radius 3 is 2.06 bits per heavy atom.